The normalized spacial score (nSPS) is 22.8. The van der Waals surface area contributed by atoms with Crippen LogP contribution in [-0.2, 0) is 9.53 Å². The lowest BCUT2D eigenvalue weighted by Crippen LogP contribution is -2.45. The highest BCUT2D eigenvalue weighted by Gasteiger charge is 2.28. The van der Waals surface area contributed by atoms with Crippen molar-refractivity contribution in [3.63, 3.8) is 0 Å². The van der Waals surface area contributed by atoms with E-state index in [2.05, 4.69) is 29.4 Å². The number of benzene rings is 1. The summed E-state index contributed by atoms with van der Waals surface area (Å²) in [4.78, 5) is 36.2. The Labute approximate surface area is 151 Å². The van der Waals surface area contributed by atoms with Crippen LogP contribution >= 0.6 is 0 Å². The van der Waals surface area contributed by atoms with Crippen molar-refractivity contribution in [1.29, 1.82) is 0 Å². The van der Waals surface area contributed by atoms with Crippen molar-refractivity contribution in [3.05, 3.63) is 40.3 Å². The molecule has 1 fully saturated rings. The van der Waals surface area contributed by atoms with E-state index in [0.29, 0.717) is 22.6 Å². The van der Waals surface area contributed by atoms with E-state index in [1.807, 2.05) is 0 Å². The Balaban J connectivity index is 1.63. The first-order valence-corrected chi connectivity index (χ1v) is 8.91. The molecule has 7 heteroatoms. The van der Waals surface area contributed by atoms with Gasteiger partial charge in [-0.3, -0.25) is 9.59 Å². The molecule has 26 heavy (non-hydrogen) atoms. The van der Waals surface area contributed by atoms with Crippen molar-refractivity contribution in [2.75, 3.05) is 6.61 Å². The lowest BCUT2D eigenvalue weighted by atomic mass is 9.78. The van der Waals surface area contributed by atoms with Gasteiger partial charge in [-0.05, 0) is 24.3 Å². The number of amides is 1. The minimum atomic E-state index is -0.738. The number of carbonyl (C=O) groups is 2. The number of hydrogen-bond donors (Lipinski definition) is 2. The molecular weight excluding hydrogens is 334 g/mol. The van der Waals surface area contributed by atoms with E-state index in [1.165, 1.54) is 6.42 Å². The highest BCUT2D eigenvalue weighted by atomic mass is 16.5. The third kappa shape index (κ3) is 3.76. The molecule has 3 atom stereocenters. The van der Waals surface area contributed by atoms with Crippen molar-refractivity contribution in [2.24, 2.45) is 11.8 Å². The van der Waals surface area contributed by atoms with E-state index in [1.54, 1.807) is 24.3 Å². The van der Waals surface area contributed by atoms with Crippen LogP contribution in [0, 0.1) is 11.8 Å². The Kier molecular flexibility index (Phi) is 5.35. The molecule has 1 heterocycles. The van der Waals surface area contributed by atoms with Gasteiger partial charge in [0.15, 0.2) is 12.3 Å². The lowest BCUT2D eigenvalue weighted by molar-refractivity contribution is -0.125. The second kappa shape index (κ2) is 7.68. The molecule has 1 saturated carbocycles. The molecule has 1 aromatic heterocycles. The molecule has 0 bridgehead atoms. The Bertz CT molecular complexity index is 876. The van der Waals surface area contributed by atoms with E-state index in [4.69, 9.17) is 4.74 Å². The average molecular weight is 357 g/mol. The van der Waals surface area contributed by atoms with E-state index in [9.17, 15) is 14.4 Å². The van der Waals surface area contributed by atoms with E-state index >= 15 is 0 Å². The van der Waals surface area contributed by atoms with Gasteiger partial charge in [-0.15, -0.1) is 0 Å². The third-order valence-electron chi connectivity index (χ3n) is 5.28. The largest absolute Gasteiger partial charge is 0.451 e. The van der Waals surface area contributed by atoms with E-state index in [0.717, 1.165) is 12.8 Å². The van der Waals surface area contributed by atoms with E-state index in [-0.39, 0.29) is 29.8 Å². The molecule has 3 rings (SSSR count). The first-order chi connectivity index (χ1) is 12.5. The summed E-state index contributed by atoms with van der Waals surface area (Å²) in [7, 11) is 0. The fraction of sp³-hybridized carbons (Fsp3) is 0.474. The van der Waals surface area contributed by atoms with Gasteiger partial charge in [-0.1, -0.05) is 44.9 Å². The number of esters is 1. The average Bonchev–Trinajstić information content (AvgIpc) is 2.64. The minimum Gasteiger partial charge on any atom is -0.451 e. The summed E-state index contributed by atoms with van der Waals surface area (Å²) in [6, 6.07) is 6.74. The molecule has 0 spiro atoms. The molecule has 1 aliphatic rings. The lowest BCUT2D eigenvalue weighted by Gasteiger charge is -2.34. The van der Waals surface area contributed by atoms with Gasteiger partial charge in [0, 0.05) is 11.4 Å². The zero-order valence-electron chi connectivity index (χ0n) is 15.0. The molecular formula is C19H23N3O4. The number of nitrogens with one attached hydrogen (secondary N) is 2. The number of ether oxygens (including phenoxy) is 1. The molecule has 1 amide bonds. The fourth-order valence-electron chi connectivity index (χ4n) is 3.50. The zero-order valence-corrected chi connectivity index (χ0v) is 15.0. The van der Waals surface area contributed by atoms with Crippen molar-refractivity contribution in [1.82, 2.24) is 15.5 Å². The van der Waals surface area contributed by atoms with Gasteiger partial charge in [0.1, 0.15) is 0 Å². The van der Waals surface area contributed by atoms with Gasteiger partial charge in [0.05, 0.1) is 5.39 Å². The maximum Gasteiger partial charge on any atom is 0.359 e. The van der Waals surface area contributed by atoms with Crippen LogP contribution < -0.4 is 10.9 Å². The van der Waals surface area contributed by atoms with Crippen molar-refractivity contribution in [3.8, 4) is 0 Å². The first kappa shape index (κ1) is 18.1. The molecule has 7 nitrogen and oxygen atoms in total. The van der Waals surface area contributed by atoms with Crippen LogP contribution in [0.4, 0.5) is 0 Å². The highest BCUT2D eigenvalue weighted by Crippen LogP contribution is 2.29. The summed E-state index contributed by atoms with van der Waals surface area (Å²) in [6.07, 6.45) is 3.20. The van der Waals surface area contributed by atoms with Gasteiger partial charge < -0.3 is 10.1 Å². The van der Waals surface area contributed by atoms with Crippen LogP contribution in [0.5, 0.6) is 0 Å². The van der Waals surface area contributed by atoms with Gasteiger partial charge >= 0.3 is 5.97 Å². The smallest absolute Gasteiger partial charge is 0.359 e. The topological polar surface area (TPSA) is 101 Å². The quantitative estimate of drug-likeness (QED) is 0.815. The second-order valence-electron chi connectivity index (χ2n) is 6.96. The maximum atomic E-state index is 12.3. The molecule has 0 unspecified atom stereocenters. The van der Waals surface area contributed by atoms with Crippen LogP contribution in [0.1, 0.15) is 43.6 Å². The number of aromatic amines is 1. The predicted molar refractivity (Wildman–Crippen MR) is 96.8 cm³/mol. The van der Waals surface area contributed by atoms with Crippen molar-refractivity contribution >= 4 is 22.6 Å². The fourth-order valence-corrected chi connectivity index (χ4v) is 3.50. The number of carbonyl (C=O) groups excluding carboxylic acids is 2. The number of aromatic nitrogens is 2. The van der Waals surface area contributed by atoms with Crippen LogP contribution in [-0.4, -0.2) is 34.7 Å². The predicted octanol–water partition coefficient (Wildman–Crippen LogP) is 2.02. The molecule has 2 N–H and O–H groups in total. The molecule has 0 aliphatic heterocycles. The molecule has 0 saturated heterocycles. The number of rotatable bonds is 4. The van der Waals surface area contributed by atoms with Crippen molar-refractivity contribution < 1.29 is 14.3 Å². The van der Waals surface area contributed by atoms with Crippen LogP contribution in [0.3, 0.4) is 0 Å². The molecule has 0 radical (unpaired) electrons. The third-order valence-corrected chi connectivity index (χ3v) is 5.28. The van der Waals surface area contributed by atoms with Gasteiger partial charge in [0.2, 0.25) is 0 Å². The van der Waals surface area contributed by atoms with Gasteiger partial charge in [-0.2, -0.15) is 5.10 Å². The Morgan fingerprint density at radius 1 is 1.23 bits per heavy atom. The van der Waals surface area contributed by atoms with Crippen LogP contribution in [0.2, 0.25) is 0 Å². The highest BCUT2D eigenvalue weighted by molar-refractivity contribution is 6.02. The number of hydrogen-bond acceptors (Lipinski definition) is 5. The maximum absolute atomic E-state index is 12.3. The van der Waals surface area contributed by atoms with Crippen molar-refractivity contribution in [2.45, 2.75) is 39.2 Å². The molecule has 1 aliphatic carbocycles. The number of nitrogens with zero attached hydrogens (tertiary/aromatic N) is 1. The Hall–Kier alpha value is -2.70. The molecule has 2 aromatic rings. The zero-order chi connectivity index (χ0) is 18.7. The summed E-state index contributed by atoms with van der Waals surface area (Å²) in [5.74, 6) is -0.0998. The second-order valence-corrected chi connectivity index (χ2v) is 6.96. The number of H-pyrrole nitrogens is 1. The van der Waals surface area contributed by atoms with Gasteiger partial charge in [0.25, 0.3) is 11.5 Å². The SMILES string of the molecule is C[C@@H]1[C@@H](C)CCC[C@H]1NC(=O)COC(=O)c1n[nH]c(=O)c2ccccc12. The standard InChI is InChI=1S/C19H23N3O4/c1-11-6-5-9-15(12(11)2)20-16(23)10-26-19(25)17-13-7-3-4-8-14(13)18(24)22-21-17/h3-4,7-8,11-12,15H,5-6,9-10H2,1-2H3,(H,20,23)(H,22,24)/t11-,12+,15+/m0/s1. The first-order valence-electron chi connectivity index (χ1n) is 8.91. The summed E-state index contributed by atoms with van der Waals surface area (Å²) in [5.41, 5.74) is -0.386. The Morgan fingerprint density at radius 3 is 2.73 bits per heavy atom. The minimum absolute atomic E-state index is 0.00680. The monoisotopic (exact) mass is 357 g/mol. The summed E-state index contributed by atoms with van der Waals surface area (Å²) in [5, 5.41) is 9.77. The van der Waals surface area contributed by atoms with E-state index < -0.39 is 5.97 Å². The molecule has 1 aromatic carbocycles. The number of fused-ring (bicyclic) bond motifs is 1. The summed E-state index contributed by atoms with van der Waals surface area (Å²) in [6.45, 7) is 3.96. The Morgan fingerprint density at radius 2 is 1.96 bits per heavy atom. The summed E-state index contributed by atoms with van der Waals surface area (Å²) < 4.78 is 5.11. The van der Waals surface area contributed by atoms with Crippen LogP contribution in [0.25, 0.3) is 10.8 Å². The molecule has 138 valence electrons. The summed E-state index contributed by atoms with van der Waals surface area (Å²) >= 11 is 0. The van der Waals surface area contributed by atoms with Gasteiger partial charge in [-0.25, -0.2) is 9.89 Å². The van der Waals surface area contributed by atoms with Crippen LogP contribution in [0.15, 0.2) is 29.1 Å².